The number of carbonyl (C=O) groups excluding carboxylic acids is 2. The van der Waals surface area contributed by atoms with Crippen molar-refractivity contribution in [1.29, 1.82) is 5.41 Å². The minimum Gasteiger partial charge on any atom is -0.399 e. The number of nitrogens with two attached hydrogens (primary N) is 1. The summed E-state index contributed by atoms with van der Waals surface area (Å²) in [5.41, 5.74) is 6.08. The Morgan fingerprint density at radius 1 is 1.35 bits per heavy atom. The van der Waals surface area contributed by atoms with Gasteiger partial charge in [0.25, 0.3) is 5.91 Å². The number of amides is 2. The molecule has 134 valence electrons. The third-order valence-electron chi connectivity index (χ3n) is 5.15. The maximum atomic E-state index is 13.0. The summed E-state index contributed by atoms with van der Waals surface area (Å²) in [6, 6.07) is 10.6. The van der Waals surface area contributed by atoms with Gasteiger partial charge in [-0.3, -0.25) is 19.9 Å². The van der Waals surface area contributed by atoms with Gasteiger partial charge in [0.05, 0.1) is 5.92 Å². The maximum Gasteiger partial charge on any atom is 0.253 e. The molecule has 2 unspecified atom stereocenters. The zero-order chi connectivity index (χ0) is 18.5. The third kappa shape index (κ3) is 2.37. The van der Waals surface area contributed by atoms with Crippen LogP contribution < -0.4 is 11.1 Å². The van der Waals surface area contributed by atoms with E-state index in [1.807, 2.05) is 17.5 Å². The number of fused-ring (bicyclic) bond motifs is 1. The fourth-order valence-electron chi connectivity index (χ4n) is 3.71. The van der Waals surface area contributed by atoms with Gasteiger partial charge >= 0.3 is 0 Å². The number of nitrogens with one attached hydrogen (secondary N) is 2. The quantitative estimate of drug-likeness (QED) is 0.694. The molecule has 2 fully saturated rings. The molecule has 0 saturated carbocycles. The van der Waals surface area contributed by atoms with Crippen molar-refractivity contribution in [2.24, 2.45) is 5.92 Å². The molecule has 2 aliphatic rings. The van der Waals surface area contributed by atoms with Crippen LogP contribution in [0.5, 0.6) is 0 Å². The van der Waals surface area contributed by atoms with Gasteiger partial charge in [0.2, 0.25) is 5.91 Å². The van der Waals surface area contributed by atoms with Crippen molar-refractivity contribution in [1.82, 2.24) is 15.1 Å². The van der Waals surface area contributed by atoms with Gasteiger partial charge in [0.15, 0.2) is 5.96 Å². The normalized spacial score (nSPS) is 25.2. The average molecular weight is 369 g/mol. The lowest BCUT2D eigenvalue weighted by atomic mass is 9.83. The van der Waals surface area contributed by atoms with Crippen molar-refractivity contribution in [3.63, 3.8) is 0 Å². The molecular weight excluding hydrogens is 350 g/mol. The molecule has 26 heavy (non-hydrogen) atoms. The zero-order valence-electron chi connectivity index (χ0n) is 14.2. The molecule has 4 N–H and O–H groups in total. The van der Waals surface area contributed by atoms with Gasteiger partial charge < -0.3 is 16.0 Å². The Kier molecular flexibility index (Phi) is 3.73. The number of carbonyl (C=O) groups is 2. The van der Waals surface area contributed by atoms with E-state index in [-0.39, 0.29) is 17.8 Å². The van der Waals surface area contributed by atoms with Gasteiger partial charge in [0.1, 0.15) is 5.54 Å². The molecule has 0 radical (unpaired) electrons. The predicted octanol–water partition coefficient (Wildman–Crippen LogP) is 1.29. The van der Waals surface area contributed by atoms with E-state index in [1.165, 1.54) is 16.2 Å². The van der Waals surface area contributed by atoms with Crippen LogP contribution in [-0.2, 0) is 10.3 Å². The van der Waals surface area contributed by atoms with Gasteiger partial charge in [0, 0.05) is 36.3 Å². The molecular formula is C18H19N5O2S. The second-order valence-corrected chi connectivity index (χ2v) is 7.63. The van der Waals surface area contributed by atoms with Crippen molar-refractivity contribution in [2.45, 2.75) is 5.54 Å². The fourth-order valence-corrected chi connectivity index (χ4v) is 4.64. The fraction of sp³-hybridized carbons (Fsp3) is 0.278. The third-order valence-corrected chi connectivity index (χ3v) is 6.20. The van der Waals surface area contributed by atoms with Gasteiger partial charge in [-0.05, 0) is 35.7 Å². The molecule has 2 aliphatic heterocycles. The molecule has 1 aromatic carbocycles. The van der Waals surface area contributed by atoms with Crippen LogP contribution in [0.1, 0.15) is 15.2 Å². The van der Waals surface area contributed by atoms with E-state index in [1.54, 1.807) is 36.2 Å². The number of likely N-dealkylation sites (tertiary alicyclic amines) is 1. The van der Waals surface area contributed by atoms with Crippen molar-refractivity contribution in [2.75, 3.05) is 25.9 Å². The van der Waals surface area contributed by atoms with E-state index in [2.05, 4.69) is 5.32 Å². The molecule has 0 aliphatic carbocycles. The van der Waals surface area contributed by atoms with Crippen molar-refractivity contribution in [3.8, 4) is 0 Å². The largest absolute Gasteiger partial charge is 0.399 e. The summed E-state index contributed by atoms with van der Waals surface area (Å²) in [7, 11) is 1.58. The monoisotopic (exact) mass is 369 g/mol. The summed E-state index contributed by atoms with van der Waals surface area (Å²) in [4.78, 5) is 29.8. The first-order valence-corrected chi connectivity index (χ1v) is 9.13. The number of rotatable bonds is 2. The Bertz CT molecular complexity index is 879. The van der Waals surface area contributed by atoms with E-state index in [4.69, 9.17) is 11.1 Å². The molecule has 2 saturated heterocycles. The lowest BCUT2D eigenvalue weighted by molar-refractivity contribution is -0.134. The number of nitrogens with zero attached hydrogens (tertiary/aromatic N) is 2. The van der Waals surface area contributed by atoms with E-state index in [0.717, 1.165) is 4.88 Å². The zero-order valence-corrected chi connectivity index (χ0v) is 15.0. The first-order valence-electron chi connectivity index (χ1n) is 8.25. The van der Waals surface area contributed by atoms with Crippen LogP contribution in [0.4, 0.5) is 5.69 Å². The molecule has 3 heterocycles. The second-order valence-electron chi connectivity index (χ2n) is 6.68. The molecule has 2 amide bonds. The highest BCUT2D eigenvalue weighted by Crippen LogP contribution is 2.42. The highest BCUT2D eigenvalue weighted by molar-refractivity contribution is 7.10. The lowest BCUT2D eigenvalue weighted by Gasteiger charge is -2.42. The molecule has 4 rings (SSSR count). The van der Waals surface area contributed by atoms with Crippen LogP contribution in [0.2, 0.25) is 0 Å². The van der Waals surface area contributed by atoms with Crippen LogP contribution in [-0.4, -0.2) is 47.7 Å². The first kappa shape index (κ1) is 16.6. The Labute approximate surface area is 154 Å². The number of benzene rings is 1. The first-order chi connectivity index (χ1) is 12.4. The average Bonchev–Trinajstić information content (AvgIpc) is 3.28. The molecule has 7 nitrogen and oxygen atoms in total. The van der Waals surface area contributed by atoms with E-state index < -0.39 is 11.5 Å². The Morgan fingerprint density at radius 2 is 2.08 bits per heavy atom. The van der Waals surface area contributed by atoms with Crippen LogP contribution in [0.15, 0.2) is 41.8 Å². The molecule has 2 aromatic rings. The van der Waals surface area contributed by atoms with Gasteiger partial charge in [-0.2, -0.15) is 0 Å². The summed E-state index contributed by atoms with van der Waals surface area (Å²) in [5, 5.41) is 13.3. The van der Waals surface area contributed by atoms with E-state index in [0.29, 0.717) is 24.3 Å². The molecule has 2 atom stereocenters. The van der Waals surface area contributed by atoms with Gasteiger partial charge in [-0.25, -0.2) is 0 Å². The predicted molar refractivity (Wildman–Crippen MR) is 99.9 cm³/mol. The van der Waals surface area contributed by atoms with Gasteiger partial charge in [-0.15, -0.1) is 11.3 Å². The topological polar surface area (TPSA) is 103 Å². The number of anilines is 1. The Hall–Kier alpha value is -2.87. The number of hydrogen-bond acceptors (Lipinski definition) is 5. The van der Waals surface area contributed by atoms with Crippen LogP contribution in [0.3, 0.4) is 0 Å². The number of hydrogen-bond donors (Lipinski definition) is 3. The molecule has 0 spiro atoms. The molecule has 0 bridgehead atoms. The standard InChI is InChI=1S/C18H19N5O2S/c1-22-16(25)13-9-23(15(24)11-4-6-12(19)7-5-11)10-18(13,21-17(22)20)14-3-2-8-26-14/h2-8,13H,9-10,19H2,1H3,(H2,20,21). The number of nitrogen functional groups attached to an aromatic ring is 1. The highest BCUT2D eigenvalue weighted by Gasteiger charge is 2.57. The minimum atomic E-state index is -0.752. The molecule has 8 heteroatoms. The van der Waals surface area contributed by atoms with Crippen LogP contribution in [0.25, 0.3) is 0 Å². The summed E-state index contributed by atoms with van der Waals surface area (Å²) >= 11 is 1.53. The van der Waals surface area contributed by atoms with Crippen LogP contribution >= 0.6 is 11.3 Å². The Balaban J connectivity index is 1.72. The van der Waals surface area contributed by atoms with Gasteiger partial charge in [-0.1, -0.05) is 6.07 Å². The van der Waals surface area contributed by atoms with E-state index >= 15 is 0 Å². The Morgan fingerprint density at radius 3 is 2.73 bits per heavy atom. The summed E-state index contributed by atoms with van der Waals surface area (Å²) in [6.45, 7) is 0.647. The van der Waals surface area contributed by atoms with Crippen molar-refractivity contribution in [3.05, 3.63) is 52.2 Å². The SMILES string of the molecule is CN1C(=N)NC2(c3cccs3)CN(C(=O)c3ccc(N)cc3)CC2C1=O. The summed E-state index contributed by atoms with van der Waals surface area (Å²) in [5.74, 6) is -0.659. The number of thiophene rings is 1. The summed E-state index contributed by atoms with van der Waals surface area (Å²) in [6.07, 6.45) is 0. The van der Waals surface area contributed by atoms with Crippen LogP contribution in [0, 0.1) is 11.3 Å². The van der Waals surface area contributed by atoms with E-state index in [9.17, 15) is 9.59 Å². The second kappa shape index (κ2) is 5.84. The van der Waals surface area contributed by atoms with Crippen molar-refractivity contribution >= 4 is 34.8 Å². The summed E-state index contributed by atoms with van der Waals surface area (Å²) < 4.78 is 0. The maximum absolute atomic E-state index is 13.0. The van der Waals surface area contributed by atoms with Crippen molar-refractivity contribution < 1.29 is 9.59 Å². The number of guanidine groups is 1. The highest BCUT2D eigenvalue weighted by atomic mass is 32.1. The lowest BCUT2D eigenvalue weighted by Crippen LogP contribution is -2.64. The minimum absolute atomic E-state index is 0.0569. The molecule has 1 aromatic heterocycles. The smallest absolute Gasteiger partial charge is 0.253 e.